The minimum atomic E-state index is -1.50. The molecule has 2 heterocycles. The molecule has 188 valence electrons. The van der Waals surface area contributed by atoms with E-state index in [0.717, 1.165) is 0 Å². The number of nitrogens with zero attached hydrogens (tertiary/aromatic N) is 2. The Morgan fingerprint density at radius 2 is 2.00 bits per heavy atom. The number of thioether (sulfide) groups is 1. The molecule has 1 saturated heterocycles. The lowest BCUT2D eigenvalue weighted by atomic mass is 10.1. The number of nitrogens with one attached hydrogen (secondary N) is 3. The monoisotopic (exact) mass is 498 g/mol. The zero-order valence-corrected chi connectivity index (χ0v) is 19.5. The maximum absolute atomic E-state index is 12.9. The van der Waals surface area contributed by atoms with Crippen molar-refractivity contribution in [3.8, 4) is 0 Å². The molecule has 0 radical (unpaired) electrons. The molecule has 0 saturated carbocycles. The Balaban J connectivity index is 2.06. The smallest absolute Gasteiger partial charge is 0.326 e. The normalized spacial score (nSPS) is 18.1. The van der Waals surface area contributed by atoms with Crippen molar-refractivity contribution in [1.29, 1.82) is 0 Å². The van der Waals surface area contributed by atoms with Gasteiger partial charge in [0.2, 0.25) is 17.7 Å². The first kappa shape index (κ1) is 27.1. The van der Waals surface area contributed by atoms with Gasteiger partial charge in [-0.15, -0.1) is 0 Å². The van der Waals surface area contributed by atoms with Gasteiger partial charge in [-0.2, -0.15) is 11.8 Å². The van der Waals surface area contributed by atoms with Crippen molar-refractivity contribution in [2.24, 2.45) is 5.73 Å². The van der Waals surface area contributed by atoms with Gasteiger partial charge in [0.1, 0.15) is 18.1 Å². The molecule has 7 N–H and O–H groups in total. The molecule has 0 bridgehead atoms. The van der Waals surface area contributed by atoms with Gasteiger partial charge >= 0.3 is 11.9 Å². The van der Waals surface area contributed by atoms with Gasteiger partial charge in [0.05, 0.1) is 18.8 Å². The summed E-state index contributed by atoms with van der Waals surface area (Å²) >= 11 is 1.40. The average molecular weight is 499 g/mol. The molecule has 13 nitrogen and oxygen atoms in total. The molecule has 1 aromatic heterocycles. The third kappa shape index (κ3) is 7.73. The van der Waals surface area contributed by atoms with Crippen LogP contribution in [0.3, 0.4) is 0 Å². The van der Waals surface area contributed by atoms with E-state index in [9.17, 15) is 34.2 Å². The van der Waals surface area contributed by atoms with E-state index in [-0.39, 0.29) is 12.8 Å². The van der Waals surface area contributed by atoms with Gasteiger partial charge in [-0.05, 0) is 31.3 Å². The Labute approximate surface area is 200 Å². The van der Waals surface area contributed by atoms with Gasteiger partial charge in [-0.1, -0.05) is 0 Å². The summed E-state index contributed by atoms with van der Waals surface area (Å²) in [6, 6.07) is -4.56. The quantitative estimate of drug-likeness (QED) is 0.186. The number of aliphatic carboxylic acids is 2. The number of hydrogen-bond acceptors (Lipinski definition) is 8. The highest BCUT2D eigenvalue weighted by Gasteiger charge is 2.38. The molecule has 1 aromatic rings. The van der Waals surface area contributed by atoms with Gasteiger partial charge in [-0.3, -0.25) is 19.2 Å². The first-order valence-corrected chi connectivity index (χ1v) is 12.1. The summed E-state index contributed by atoms with van der Waals surface area (Å²) < 4.78 is 0. The topological polar surface area (TPSA) is 208 Å². The molecular weight excluding hydrogens is 468 g/mol. The van der Waals surface area contributed by atoms with Crippen molar-refractivity contribution in [2.45, 2.75) is 56.3 Å². The van der Waals surface area contributed by atoms with Gasteiger partial charge in [0, 0.05) is 24.9 Å². The number of aromatic amines is 1. The molecule has 1 aliphatic rings. The maximum Gasteiger partial charge on any atom is 0.326 e. The number of nitrogens with two attached hydrogens (primary N) is 1. The number of H-pyrrole nitrogens is 1. The van der Waals surface area contributed by atoms with Crippen molar-refractivity contribution in [3.63, 3.8) is 0 Å². The van der Waals surface area contributed by atoms with Crippen LogP contribution in [0, 0.1) is 0 Å². The number of amides is 3. The second-order valence-corrected chi connectivity index (χ2v) is 8.90. The summed E-state index contributed by atoms with van der Waals surface area (Å²) in [7, 11) is 0. The summed E-state index contributed by atoms with van der Waals surface area (Å²) in [5.41, 5.74) is 6.68. The van der Waals surface area contributed by atoms with Crippen LogP contribution in [-0.4, -0.2) is 97.5 Å². The molecule has 34 heavy (non-hydrogen) atoms. The zero-order valence-electron chi connectivity index (χ0n) is 18.7. The number of imidazole rings is 1. The highest BCUT2D eigenvalue weighted by molar-refractivity contribution is 7.98. The third-order valence-corrected chi connectivity index (χ3v) is 6.03. The van der Waals surface area contributed by atoms with E-state index in [1.165, 1.54) is 23.0 Å². The fraction of sp³-hybridized carbons (Fsp3) is 0.600. The molecule has 4 atom stereocenters. The Kier molecular flexibility index (Phi) is 10.3. The molecule has 0 aromatic carbocycles. The lowest BCUT2D eigenvalue weighted by molar-refractivity contribution is -0.144. The number of likely N-dealkylation sites (tertiary alicyclic amines) is 1. The van der Waals surface area contributed by atoms with Crippen LogP contribution in [0.2, 0.25) is 0 Å². The van der Waals surface area contributed by atoms with Crippen molar-refractivity contribution >= 4 is 41.4 Å². The SMILES string of the molecule is CSCCC(NC(=O)C(CC(=O)O)NC(=O)C1CCCN1C(=O)C(N)Cc1cnc[nH]1)C(=O)O. The summed E-state index contributed by atoms with van der Waals surface area (Å²) in [6.07, 6.45) is 5.22. The van der Waals surface area contributed by atoms with Crippen LogP contribution >= 0.6 is 11.8 Å². The predicted octanol–water partition coefficient (Wildman–Crippen LogP) is -1.45. The van der Waals surface area contributed by atoms with Gasteiger partial charge in [-0.25, -0.2) is 9.78 Å². The van der Waals surface area contributed by atoms with Crippen molar-refractivity contribution < 1.29 is 34.2 Å². The molecule has 14 heteroatoms. The summed E-state index contributed by atoms with van der Waals surface area (Å²) in [5.74, 6) is -4.22. The summed E-state index contributed by atoms with van der Waals surface area (Å²) in [4.78, 5) is 69.2. The van der Waals surface area contributed by atoms with Crippen LogP contribution in [0.4, 0.5) is 0 Å². The van der Waals surface area contributed by atoms with Gasteiger partial charge in [0.25, 0.3) is 0 Å². The molecule has 3 amide bonds. The minimum absolute atomic E-state index is 0.134. The van der Waals surface area contributed by atoms with Gasteiger partial charge in [0.15, 0.2) is 0 Å². The van der Waals surface area contributed by atoms with Crippen molar-refractivity contribution in [3.05, 3.63) is 18.2 Å². The number of aromatic nitrogens is 2. The average Bonchev–Trinajstić information content (AvgIpc) is 3.47. The van der Waals surface area contributed by atoms with E-state index in [1.54, 1.807) is 12.5 Å². The van der Waals surface area contributed by atoms with Crippen LogP contribution in [0.25, 0.3) is 0 Å². The molecule has 2 rings (SSSR count). The van der Waals surface area contributed by atoms with E-state index in [1.807, 2.05) is 0 Å². The number of hydrogen-bond donors (Lipinski definition) is 6. The standard InChI is InChI=1S/C20H30N6O7S/c1-34-6-4-13(20(32)33)24-17(29)14(8-16(27)28)25-18(30)15-3-2-5-26(15)19(31)12(21)7-11-9-22-10-23-11/h9-10,12-15H,2-8,21H2,1H3,(H,22,23)(H,24,29)(H,25,30)(H,27,28)(H,32,33). The first-order valence-electron chi connectivity index (χ1n) is 10.7. The van der Waals surface area contributed by atoms with E-state index < -0.39 is 60.2 Å². The van der Waals surface area contributed by atoms with E-state index >= 15 is 0 Å². The summed E-state index contributed by atoms with van der Waals surface area (Å²) in [6.45, 7) is 0.291. The third-order valence-electron chi connectivity index (χ3n) is 5.39. The molecule has 4 unspecified atom stereocenters. The second kappa shape index (κ2) is 12.9. The zero-order chi connectivity index (χ0) is 25.3. The fourth-order valence-corrected chi connectivity index (χ4v) is 4.13. The maximum atomic E-state index is 12.9. The Bertz CT molecular complexity index is 881. The van der Waals surface area contributed by atoms with E-state index in [2.05, 4.69) is 20.6 Å². The Hall–Kier alpha value is -3.13. The number of rotatable bonds is 13. The lowest BCUT2D eigenvalue weighted by Crippen LogP contribution is -2.57. The van der Waals surface area contributed by atoms with Crippen molar-refractivity contribution in [2.75, 3.05) is 18.6 Å². The second-order valence-electron chi connectivity index (χ2n) is 7.92. The largest absolute Gasteiger partial charge is 0.481 e. The number of carboxylic acid groups (broad SMARTS) is 2. The van der Waals surface area contributed by atoms with Crippen LogP contribution in [-0.2, 0) is 30.4 Å². The van der Waals surface area contributed by atoms with Crippen LogP contribution in [0.5, 0.6) is 0 Å². The molecule has 1 fully saturated rings. The number of carboxylic acids is 2. The van der Waals surface area contributed by atoms with Crippen LogP contribution in [0.15, 0.2) is 12.5 Å². The molecule has 0 aliphatic carbocycles. The number of carbonyl (C=O) groups is 5. The van der Waals surface area contributed by atoms with Crippen LogP contribution in [0.1, 0.15) is 31.4 Å². The minimum Gasteiger partial charge on any atom is -0.481 e. The summed E-state index contributed by atoms with van der Waals surface area (Å²) in [5, 5.41) is 23.2. The predicted molar refractivity (Wildman–Crippen MR) is 122 cm³/mol. The van der Waals surface area contributed by atoms with E-state index in [4.69, 9.17) is 5.73 Å². The molecular formula is C20H30N6O7S. The van der Waals surface area contributed by atoms with Crippen molar-refractivity contribution in [1.82, 2.24) is 25.5 Å². The first-order chi connectivity index (χ1) is 16.1. The Morgan fingerprint density at radius 3 is 2.59 bits per heavy atom. The van der Waals surface area contributed by atoms with E-state index in [0.29, 0.717) is 30.8 Å². The highest BCUT2D eigenvalue weighted by atomic mass is 32.2. The number of carbonyl (C=O) groups excluding carboxylic acids is 3. The van der Waals surface area contributed by atoms with Crippen LogP contribution < -0.4 is 16.4 Å². The highest BCUT2D eigenvalue weighted by Crippen LogP contribution is 2.19. The van der Waals surface area contributed by atoms with Gasteiger partial charge < -0.3 is 36.5 Å². The molecule has 1 aliphatic heterocycles. The lowest BCUT2D eigenvalue weighted by Gasteiger charge is -2.28. The Morgan fingerprint density at radius 1 is 1.26 bits per heavy atom. The fourth-order valence-electron chi connectivity index (χ4n) is 3.65. The molecule has 0 spiro atoms.